The number of hydrogen-bond acceptors (Lipinski definition) is 5. The molecule has 0 fully saturated rings. The number of carbonyl (C=O) groups excluding carboxylic acids is 1. The average Bonchev–Trinajstić information content (AvgIpc) is 2.94. The van der Waals surface area contributed by atoms with Gasteiger partial charge >= 0.3 is 5.97 Å². The van der Waals surface area contributed by atoms with Gasteiger partial charge in [-0.2, -0.15) is 0 Å². The van der Waals surface area contributed by atoms with Gasteiger partial charge in [0.2, 0.25) is 11.5 Å². The Morgan fingerprint density at radius 3 is 2.70 bits per heavy atom. The van der Waals surface area contributed by atoms with E-state index in [1.807, 2.05) is 30.3 Å². The van der Waals surface area contributed by atoms with Crippen LogP contribution < -0.4 is 4.74 Å². The van der Waals surface area contributed by atoms with E-state index >= 15 is 0 Å². The Kier molecular flexibility index (Phi) is 4.34. The van der Waals surface area contributed by atoms with Crippen molar-refractivity contribution < 1.29 is 18.7 Å². The molecule has 23 heavy (non-hydrogen) atoms. The molecule has 0 radical (unpaired) electrons. The Bertz CT molecular complexity index is 855. The second-order valence-corrected chi connectivity index (χ2v) is 5.68. The van der Waals surface area contributed by atoms with Crippen LogP contribution in [0.5, 0.6) is 5.75 Å². The number of nitrogens with zero attached hydrogens (tertiary/aromatic N) is 1. The summed E-state index contributed by atoms with van der Waals surface area (Å²) in [5.41, 5.74) is 1.88. The van der Waals surface area contributed by atoms with Crippen LogP contribution >= 0.6 is 15.9 Å². The average molecular weight is 376 g/mol. The SMILES string of the molecule is CCOC(=O)c1oc2ncc(Br)cc2c1-c1ccc(OC)cc1. The molecule has 118 valence electrons. The molecule has 0 aliphatic rings. The summed E-state index contributed by atoms with van der Waals surface area (Å²) in [4.78, 5) is 16.5. The molecule has 0 unspecified atom stereocenters. The molecule has 3 rings (SSSR count). The molecule has 2 aromatic heterocycles. The van der Waals surface area contributed by atoms with Crippen LogP contribution in [0.4, 0.5) is 0 Å². The first kappa shape index (κ1) is 15.6. The van der Waals surface area contributed by atoms with Crippen molar-refractivity contribution in [2.24, 2.45) is 0 Å². The molecule has 0 N–H and O–H groups in total. The Morgan fingerprint density at radius 1 is 1.30 bits per heavy atom. The number of benzene rings is 1. The number of rotatable bonds is 4. The van der Waals surface area contributed by atoms with Gasteiger partial charge in [0.1, 0.15) is 5.75 Å². The van der Waals surface area contributed by atoms with Gasteiger partial charge in [0.05, 0.1) is 19.1 Å². The maximum Gasteiger partial charge on any atom is 0.375 e. The summed E-state index contributed by atoms with van der Waals surface area (Å²) in [5, 5.41) is 0.743. The van der Waals surface area contributed by atoms with E-state index in [9.17, 15) is 4.79 Å². The molecule has 3 aromatic rings. The highest BCUT2D eigenvalue weighted by Gasteiger charge is 2.24. The van der Waals surface area contributed by atoms with Gasteiger partial charge in [-0.3, -0.25) is 0 Å². The maximum absolute atomic E-state index is 12.2. The minimum atomic E-state index is -0.507. The fourth-order valence-corrected chi connectivity index (χ4v) is 2.67. The molecule has 0 saturated carbocycles. The van der Waals surface area contributed by atoms with Crippen molar-refractivity contribution in [3.63, 3.8) is 0 Å². The van der Waals surface area contributed by atoms with Crippen LogP contribution in [-0.2, 0) is 4.74 Å². The number of hydrogen-bond donors (Lipinski definition) is 0. The molecule has 0 aliphatic carbocycles. The Hall–Kier alpha value is -2.34. The summed E-state index contributed by atoms with van der Waals surface area (Å²) in [6, 6.07) is 9.26. The van der Waals surface area contributed by atoms with Crippen LogP contribution in [0, 0.1) is 0 Å². The van der Waals surface area contributed by atoms with Gasteiger partial charge in [-0.05, 0) is 46.6 Å². The smallest absolute Gasteiger partial charge is 0.375 e. The van der Waals surface area contributed by atoms with E-state index in [1.165, 1.54) is 0 Å². The number of fused-ring (bicyclic) bond motifs is 1. The lowest BCUT2D eigenvalue weighted by molar-refractivity contribution is 0.0493. The molecular formula is C17H14BrNO4. The number of esters is 1. The van der Waals surface area contributed by atoms with Crippen molar-refractivity contribution in [2.75, 3.05) is 13.7 Å². The Labute approximate surface area is 141 Å². The number of furan rings is 1. The zero-order valence-electron chi connectivity index (χ0n) is 12.6. The number of carbonyl (C=O) groups is 1. The molecule has 0 spiro atoms. The van der Waals surface area contributed by atoms with Crippen molar-refractivity contribution in [2.45, 2.75) is 6.92 Å². The van der Waals surface area contributed by atoms with Gasteiger partial charge in [0.15, 0.2) is 0 Å². The van der Waals surface area contributed by atoms with Crippen molar-refractivity contribution in [1.29, 1.82) is 0 Å². The first-order valence-corrected chi connectivity index (χ1v) is 7.83. The van der Waals surface area contributed by atoms with E-state index in [-0.39, 0.29) is 12.4 Å². The van der Waals surface area contributed by atoms with Crippen molar-refractivity contribution in [3.05, 3.63) is 46.8 Å². The van der Waals surface area contributed by atoms with E-state index in [0.717, 1.165) is 21.2 Å². The molecule has 0 atom stereocenters. The fraction of sp³-hybridized carbons (Fsp3) is 0.176. The van der Waals surface area contributed by atoms with Gasteiger partial charge in [0.25, 0.3) is 0 Å². The molecule has 5 nitrogen and oxygen atoms in total. The summed E-state index contributed by atoms with van der Waals surface area (Å²) in [5.74, 6) is 0.378. The number of aromatic nitrogens is 1. The van der Waals surface area contributed by atoms with E-state index < -0.39 is 5.97 Å². The van der Waals surface area contributed by atoms with E-state index in [1.54, 1.807) is 20.2 Å². The monoisotopic (exact) mass is 375 g/mol. The predicted octanol–water partition coefficient (Wildman–Crippen LogP) is 4.44. The Morgan fingerprint density at radius 2 is 2.04 bits per heavy atom. The van der Waals surface area contributed by atoms with Gasteiger partial charge in [0, 0.05) is 16.2 Å². The molecular weight excluding hydrogens is 362 g/mol. The highest BCUT2D eigenvalue weighted by atomic mass is 79.9. The third-order valence-corrected chi connectivity index (χ3v) is 3.79. The Balaban J connectivity index is 2.23. The predicted molar refractivity (Wildman–Crippen MR) is 89.7 cm³/mol. The van der Waals surface area contributed by atoms with Crippen molar-refractivity contribution in [3.8, 4) is 16.9 Å². The molecule has 1 aromatic carbocycles. The molecule has 0 saturated heterocycles. The quantitative estimate of drug-likeness (QED) is 0.630. The van der Waals surface area contributed by atoms with Crippen LogP contribution in [0.2, 0.25) is 0 Å². The number of methoxy groups -OCH3 is 1. The van der Waals surface area contributed by atoms with Gasteiger partial charge < -0.3 is 13.9 Å². The normalized spacial score (nSPS) is 10.7. The lowest BCUT2D eigenvalue weighted by atomic mass is 10.0. The zero-order valence-corrected chi connectivity index (χ0v) is 14.2. The largest absolute Gasteiger partial charge is 0.497 e. The van der Waals surface area contributed by atoms with Gasteiger partial charge in [-0.25, -0.2) is 9.78 Å². The number of ether oxygens (including phenoxy) is 2. The van der Waals surface area contributed by atoms with Crippen LogP contribution in [0.15, 0.2) is 45.4 Å². The summed E-state index contributed by atoms with van der Waals surface area (Å²) in [6.45, 7) is 2.03. The zero-order chi connectivity index (χ0) is 16.4. The first-order valence-electron chi connectivity index (χ1n) is 7.03. The van der Waals surface area contributed by atoms with Crippen LogP contribution in [0.25, 0.3) is 22.2 Å². The van der Waals surface area contributed by atoms with Gasteiger partial charge in [-0.1, -0.05) is 12.1 Å². The standard InChI is InChI=1S/C17H14BrNO4/c1-3-22-17(20)15-14(10-4-6-12(21-2)7-5-10)13-8-11(18)9-19-16(13)23-15/h4-9H,3H2,1-2H3. The first-order chi connectivity index (χ1) is 11.1. The van der Waals surface area contributed by atoms with Crippen molar-refractivity contribution in [1.82, 2.24) is 4.98 Å². The number of pyridine rings is 1. The van der Waals surface area contributed by atoms with Crippen LogP contribution in [0.1, 0.15) is 17.5 Å². The van der Waals surface area contributed by atoms with E-state index in [0.29, 0.717) is 11.3 Å². The van der Waals surface area contributed by atoms with Gasteiger partial charge in [-0.15, -0.1) is 0 Å². The molecule has 0 aliphatic heterocycles. The highest BCUT2D eigenvalue weighted by molar-refractivity contribution is 9.10. The topological polar surface area (TPSA) is 61.6 Å². The molecule has 2 heterocycles. The second-order valence-electron chi connectivity index (χ2n) is 4.76. The minimum Gasteiger partial charge on any atom is -0.497 e. The molecule has 0 bridgehead atoms. The minimum absolute atomic E-state index is 0.151. The number of halogens is 1. The van der Waals surface area contributed by atoms with Crippen LogP contribution in [-0.4, -0.2) is 24.7 Å². The third kappa shape index (κ3) is 2.94. The third-order valence-electron chi connectivity index (χ3n) is 3.35. The molecule has 0 amide bonds. The summed E-state index contributed by atoms with van der Waals surface area (Å²) < 4.78 is 16.7. The lowest BCUT2D eigenvalue weighted by Gasteiger charge is -2.05. The fourth-order valence-electron chi connectivity index (χ4n) is 2.34. The highest BCUT2D eigenvalue weighted by Crippen LogP contribution is 2.36. The van der Waals surface area contributed by atoms with Crippen molar-refractivity contribution >= 4 is 33.0 Å². The lowest BCUT2D eigenvalue weighted by Crippen LogP contribution is -2.04. The summed E-state index contributed by atoms with van der Waals surface area (Å²) in [6.07, 6.45) is 1.62. The second kappa shape index (κ2) is 6.42. The van der Waals surface area contributed by atoms with E-state index in [4.69, 9.17) is 13.9 Å². The molecule has 6 heteroatoms. The van der Waals surface area contributed by atoms with Crippen LogP contribution in [0.3, 0.4) is 0 Å². The summed E-state index contributed by atoms with van der Waals surface area (Å²) >= 11 is 3.40. The summed E-state index contributed by atoms with van der Waals surface area (Å²) in [7, 11) is 1.60. The van der Waals surface area contributed by atoms with E-state index in [2.05, 4.69) is 20.9 Å². The maximum atomic E-state index is 12.2.